The average Bonchev–Trinajstić information content (AvgIpc) is 3.40. The number of hydrogen-bond acceptors (Lipinski definition) is 5. The molecule has 2 aliphatic carbocycles. The summed E-state index contributed by atoms with van der Waals surface area (Å²) < 4.78 is 17.1. The zero-order valence-corrected chi connectivity index (χ0v) is 17.9. The van der Waals surface area contributed by atoms with Crippen LogP contribution in [-0.4, -0.2) is 56.5 Å². The van der Waals surface area contributed by atoms with E-state index in [1.54, 1.807) is 0 Å². The van der Waals surface area contributed by atoms with Gasteiger partial charge in [-0.25, -0.2) is 0 Å². The first-order valence-corrected chi connectivity index (χ1v) is 11.8. The van der Waals surface area contributed by atoms with Crippen LogP contribution in [0.2, 0.25) is 0 Å². The van der Waals surface area contributed by atoms with Crippen LogP contribution in [-0.2, 0) is 23.8 Å². The molecule has 1 spiro atoms. The zero-order valence-electron chi connectivity index (χ0n) is 17.9. The molecule has 29 heavy (non-hydrogen) atoms. The van der Waals surface area contributed by atoms with Gasteiger partial charge < -0.3 is 19.1 Å². The molecule has 162 valence electrons. The maximum Gasteiger partial charge on any atom is 0.315 e. The lowest BCUT2D eigenvalue weighted by Gasteiger charge is -2.51. The summed E-state index contributed by atoms with van der Waals surface area (Å²) in [6, 6.07) is 0. The monoisotopic (exact) mass is 406 g/mol. The van der Waals surface area contributed by atoms with Crippen molar-refractivity contribution in [2.24, 2.45) is 29.1 Å². The van der Waals surface area contributed by atoms with Gasteiger partial charge in [0.05, 0.1) is 44.4 Å². The van der Waals surface area contributed by atoms with E-state index >= 15 is 0 Å². The van der Waals surface area contributed by atoms with Gasteiger partial charge in [0.2, 0.25) is 0 Å². The minimum Gasteiger partial charge on any atom is -0.466 e. The lowest BCUT2D eigenvalue weighted by atomic mass is 9.53. The van der Waals surface area contributed by atoms with Gasteiger partial charge in [-0.3, -0.25) is 9.59 Å². The van der Waals surface area contributed by atoms with E-state index in [0.29, 0.717) is 18.4 Å². The van der Waals surface area contributed by atoms with Gasteiger partial charge in [-0.2, -0.15) is 0 Å². The van der Waals surface area contributed by atoms with Crippen LogP contribution in [0.4, 0.5) is 0 Å². The molecule has 0 aromatic rings. The van der Waals surface area contributed by atoms with E-state index in [4.69, 9.17) is 14.2 Å². The summed E-state index contributed by atoms with van der Waals surface area (Å²) in [5.41, 5.74) is 0.370. The molecule has 0 aromatic carbocycles. The van der Waals surface area contributed by atoms with E-state index in [2.05, 4.69) is 6.92 Å². The Morgan fingerprint density at radius 2 is 2.03 bits per heavy atom. The fourth-order valence-electron chi connectivity index (χ4n) is 7.23. The summed E-state index contributed by atoms with van der Waals surface area (Å²) in [7, 11) is 0. The van der Waals surface area contributed by atoms with E-state index in [-0.39, 0.29) is 40.9 Å². The first-order chi connectivity index (χ1) is 13.9. The number of rotatable bonds is 4. The number of likely N-dealkylation sites (tertiary alicyclic amines) is 1. The molecule has 3 aliphatic heterocycles. The predicted molar refractivity (Wildman–Crippen MR) is 105 cm³/mol. The Hall–Kier alpha value is -1.14. The molecule has 1 N–H and O–H groups in total. The van der Waals surface area contributed by atoms with Gasteiger partial charge >= 0.3 is 11.9 Å². The fraction of sp³-hybridized carbons (Fsp3) is 0.913. The largest absolute Gasteiger partial charge is 0.466 e. The van der Waals surface area contributed by atoms with Crippen molar-refractivity contribution in [1.82, 2.24) is 0 Å². The number of fused-ring (bicyclic) bond motifs is 3. The Balaban J connectivity index is 1.23. The van der Waals surface area contributed by atoms with Crippen LogP contribution in [0.3, 0.4) is 0 Å². The molecule has 0 radical (unpaired) electrons. The number of carbonyl (C=O) groups is 2. The third-order valence-corrected chi connectivity index (χ3v) is 8.90. The Morgan fingerprint density at radius 3 is 2.72 bits per heavy atom. The third kappa shape index (κ3) is 3.40. The molecule has 5 rings (SSSR count). The highest BCUT2D eigenvalue weighted by Gasteiger charge is 2.65. The van der Waals surface area contributed by atoms with Gasteiger partial charge in [0.25, 0.3) is 0 Å². The Morgan fingerprint density at radius 1 is 1.28 bits per heavy atom. The van der Waals surface area contributed by atoms with Crippen LogP contribution in [0.25, 0.3) is 0 Å². The zero-order chi connectivity index (χ0) is 20.2. The molecule has 5 fully saturated rings. The lowest BCUT2D eigenvalue weighted by molar-refractivity contribution is -0.908. The number of piperidine rings is 1. The van der Waals surface area contributed by atoms with E-state index in [1.165, 1.54) is 24.2 Å². The second-order valence-electron chi connectivity index (χ2n) is 10.6. The summed E-state index contributed by atoms with van der Waals surface area (Å²) in [4.78, 5) is 26.3. The van der Waals surface area contributed by atoms with E-state index < -0.39 is 0 Å². The second-order valence-corrected chi connectivity index (χ2v) is 10.6. The number of quaternary nitrogens is 1. The van der Waals surface area contributed by atoms with Crippen molar-refractivity contribution in [2.45, 2.75) is 70.5 Å². The lowest BCUT2D eigenvalue weighted by Crippen LogP contribution is -3.14. The van der Waals surface area contributed by atoms with E-state index in [9.17, 15) is 9.59 Å². The van der Waals surface area contributed by atoms with E-state index in [1.807, 2.05) is 6.92 Å². The fourth-order valence-corrected chi connectivity index (χ4v) is 7.23. The molecule has 6 heteroatoms. The second kappa shape index (κ2) is 7.23. The van der Waals surface area contributed by atoms with Crippen molar-refractivity contribution in [3.63, 3.8) is 0 Å². The van der Waals surface area contributed by atoms with Crippen LogP contribution in [0.15, 0.2) is 0 Å². The topological polar surface area (TPSA) is 69.6 Å². The number of nitrogens with one attached hydrogen (secondary N) is 1. The first-order valence-electron chi connectivity index (χ1n) is 11.8. The van der Waals surface area contributed by atoms with Crippen molar-refractivity contribution < 1.29 is 28.7 Å². The molecule has 0 unspecified atom stereocenters. The van der Waals surface area contributed by atoms with Gasteiger partial charge in [-0.05, 0) is 50.4 Å². The maximum atomic E-state index is 12.8. The summed E-state index contributed by atoms with van der Waals surface area (Å²) in [5, 5.41) is 0. The highest BCUT2D eigenvalue weighted by molar-refractivity contribution is 5.75. The molecule has 6 atom stereocenters. The van der Waals surface area contributed by atoms with Crippen LogP contribution >= 0.6 is 0 Å². The van der Waals surface area contributed by atoms with Crippen molar-refractivity contribution in [2.75, 3.05) is 32.8 Å². The van der Waals surface area contributed by atoms with Crippen molar-refractivity contribution in [3.8, 4) is 0 Å². The van der Waals surface area contributed by atoms with Gasteiger partial charge in [0, 0.05) is 18.8 Å². The van der Waals surface area contributed by atoms with Gasteiger partial charge in [0.15, 0.2) is 0 Å². The maximum absolute atomic E-state index is 12.8. The summed E-state index contributed by atoms with van der Waals surface area (Å²) in [5.74, 6) is 0.933. The first kappa shape index (κ1) is 19.8. The normalized spacial score (nSPS) is 48.6. The molecular formula is C23H36NO5+. The van der Waals surface area contributed by atoms with Crippen LogP contribution < -0.4 is 4.90 Å². The van der Waals surface area contributed by atoms with Gasteiger partial charge in [-0.1, -0.05) is 6.92 Å². The number of carbonyl (C=O) groups excluding carboxylic acids is 2. The number of epoxide rings is 1. The highest BCUT2D eigenvalue weighted by atomic mass is 16.6. The number of hydrogen-bond donors (Lipinski definition) is 1. The average molecular weight is 407 g/mol. The summed E-state index contributed by atoms with van der Waals surface area (Å²) >= 11 is 0. The van der Waals surface area contributed by atoms with Crippen LogP contribution in [0.1, 0.15) is 58.8 Å². The Bertz CT molecular complexity index is 668. The highest BCUT2D eigenvalue weighted by Crippen LogP contribution is 2.62. The molecule has 3 saturated heterocycles. The number of esters is 2. The summed E-state index contributed by atoms with van der Waals surface area (Å²) in [6.07, 6.45) is 7.58. The summed E-state index contributed by atoms with van der Waals surface area (Å²) in [6.45, 7) is 8.37. The van der Waals surface area contributed by atoms with E-state index in [0.717, 1.165) is 51.9 Å². The molecule has 5 aliphatic rings. The smallest absolute Gasteiger partial charge is 0.315 e. The van der Waals surface area contributed by atoms with Crippen molar-refractivity contribution in [3.05, 3.63) is 0 Å². The standard InChI is InChI=1S/C23H35NO5/c1-3-27-20(25)15-5-9-24(10-6-15)13-17-16-11-19-22(2,12-18(16)29-21(17)26)7-4-8-23(19)14-28-23/h15-19H,3-14H2,1-2H3/p+1/t16-,17-,18-,19-,22-,23+/m1/s1. The molecule has 0 aromatic heterocycles. The minimum atomic E-state index is -0.0505. The SMILES string of the molecule is CCOC(=O)C1CC[NH+](C[C@H]2C(=O)O[C@@H]3C[C@@]4(C)CCC[C@]5(CO5)[C@@H]4C[C@@H]32)CC1. The van der Waals surface area contributed by atoms with Crippen LogP contribution in [0, 0.1) is 29.1 Å². The van der Waals surface area contributed by atoms with Crippen molar-refractivity contribution >= 4 is 11.9 Å². The molecule has 6 nitrogen and oxygen atoms in total. The Kier molecular flexibility index (Phi) is 4.93. The quantitative estimate of drug-likeness (QED) is 0.564. The number of ether oxygens (including phenoxy) is 3. The predicted octanol–water partition coefficient (Wildman–Crippen LogP) is 1.37. The molecule has 2 saturated carbocycles. The minimum absolute atomic E-state index is 0.0106. The third-order valence-electron chi connectivity index (χ3n) is 8.90. The van der Waals surface area contributed by atoms with Gasteiger partial charge in [0.1, 0.15) is 12.0 Å². The Labute approximate surface area is 173 Å². The molecule has 3 heterocycles. The molecular weight excluding hydrogens is 370 g/mol. The molecule has 0 bridgehead atoms. The van der Waals surface area contributed by atoms with Crippen LogP contribution in [0.5, 0.6) is 0 Å². The van der Waals surface area contributed by atoms with Crippen molar-refractivity contribution in [1.29, 1.82) is 0 Å². The van der Waals surface area contributed by atoms with Gasteiger partial charge in [-0.15, -0.1) is 0 Å². The molecule has 0 amide bonds.